The number of aromatic amines is 1. The van der Waals surface area contributed by atoms with Crippen molar-refractivity contribution < 1.29 is 14.6 Å². The van der Waals surface area contributed by atoms with Crippen LogP contribution in [0.1, 0.15) is 28.7 Å². The van der Waals surface area contributed by atoms with Gasteiger partial charge in [0, 0.05) is 40.7 Å². The molecule has 0 aliphatic carbocycles. The number of benzene rings is 4. The van der Waals surface area contributed by atoms with Gasteiger partial charge >= 0.3 is 5.69 Å². The van der Waals surface area contributed by atoms with Crippen molar-refractivity contribution in [1.29, 1.82) is 0 Å². The quantitative estimate of drug-likeness (QED) is 0.208. The molecule has 1 atom stereocenters. The van der Waals surface area contributed by atoms with Crippen LogP contribution in [0.25, 0.3) is 11.0 Å². The van der Waals surface area contributed by atoms with Gasteiger partial charge in [-0.1, -0.05) is 59.6 Å². The zero-order valence-electron chi connectivity index (χ0n) is 24.0. The Morgan fingerprint density at radius 3 is 2.52 bits per heavy atom. The van der Waals surface area contributed by atoms with E-state index in [1.54, 1.807) is 28.7 Å². The zero-order chi connectivity index (χ0) is 30.8. The maximum absolute atomic E-state index is 14.4. The van der Waals surface area contributed by atoms with Crippen molar-refractivity contribution in [3.8, 4) is 5.75 Å². The Hall–Kier alpha value is -4.37. The average Bonchev–Trinajstić information content (AvgIpc) is 3.30. The fraction of sp³-hybridized carbons (Fsp3) is 0.206. The van der Waals surface area contributed by atoms with Crippen LogP contribution in [0.4, 0.5) is 5.69 Å². The Morgan fingerprint density at radius 1 is 0.977 bits per heavy atom. The molecule has 1 aliphatic heterocycles. The van der Waals surface area contributed by atoms with Gasteiger partial charge in [0.15, 0.2) is 0 Å². The topological polar surface area (TPSA) is 99.9 Å². The highest BCUT2D eigenvalue weighted by Crippen LogP contribution is 2.34. The van der Waals surface area contributed by atoms with E-state index in [2.05, 4.69) is 4.98 Å². The number of carbonyl (C=O) groups excluding carboxylic acids is 1. The van der Waals surface area contributed by atoms with Crippen molar-refractivity contribution in [2.45, 2.75) is 32.0 Å². The molecule has 0 radical (unpaired) electrons. The second-order valence-corrected chi connectivity index (χ2v) is 11.5. The Morgan fingerprint density at radius 2 is 1.77 bits per heavy atom. The second kappa shape index (κ2) is 12.7. The molecule has 10 heteroatoms. The van der Waals surface area contributed by atoms with Gasteiger partial charge in [0.25, 0.3) is 5.91 Å². The van der Waals surface area contributed by atoms with Crippen molar-refractivity contribution in [3.63, 3.8) is 0 Å². The number of nitrogens with zero attached hydrogens (tertiary/aromatic N) is 3. The minimum Gasteiger partial charge on any atom is -0.497 e. The van der Waals surface area contributed by atoms with Crippen molar-refractivity contribution in [3.05, 3.63) is 128 Å². The molecule has 224 valence electrons. The predicted molar refractivity (Wildman–Crippen MR) is 174 cm³/mol. The highest BCUT2D eigenvalue weighted by molar-refractivity contribution is 6.32. The molecular weight excluding hydrogens is 599 g/mol. The first-order valence-electron chi connectivity index (χ1n) is 14.3. The van der Waals surface area contributed by atoms with E-state index in [0.717, 1.165) is 22.4 Å². The number of anilines is 1. The van der Waals surface area contributed by atoms with Gasteiger partial charge in [0.1, 0.15) is 11.8 Å². The van der Waals surface area contributed by atoms with Gasteiger partial charge < -0.3 is 19.7 Å². The third-order valence-corrected chi connectivity index (χ3v) is 8.40. The summed E-state index contributed by atoms with van der Waals surface area (Å²) in [5.41, 5.74) is 5.49. The fourth-order valence-electron chi connectivity index (χ4n) is 5.58. The molecule has 0 saturated carbocycles. The van der Waals surface area contributed by atoms with E-state index in [-0.39, 0.29) is 24.6 Å². The Kier molecular flexibility index (Phi) is 8.57. The van der Waals surface area contributed by atoms with Gasteiger partial charge in [0.2, 0.25) is 0 Å². The maximum Gasteiger partial charge on any atom is 0.326 e. The number of methoxy groups -OCH3 is 1. The number of aliphatic imine (C=N–C) groups is 1. The molecule has 0 fully saturated rings. The monoisotopic (exact) mass is 628 g/mol. The van der Waals surface area contributed by atoms with E-state index in [0.29, 0.717) is 57.6 Å². The number of aliphatic hydroxyl groups is 1. The maximum atomic E-state index is 14.4. The highest BCUT2D eigenvalue weighted by Gasteiger charge is 2.33. The molecule has 1 aromatic heterocycles. The lowest BCUT2D eigenvalue weighted by Gasteiger charge is -2.26. The molecule has 0 spiro atoms. The number of aryl methyl sites for hydroxylation is 1. The van der Waals surface area contributed by atoms with E-state index in [4.69, 9.17) is 32.9 Å². The van der Waals surface area contributed by atoms with Gasteiger partial charge in [-0.3, -0.25) is 14.4 Å². The number of carbonyl (C=O) groups is 1. The number of ether oxygens (including phenoxy) is 1. The molecule has 1 unspecified atom stereocenters. The first kappa shape index (κ1) is 29.7. The van der Waals surface area contributed by atoms with Crippen molar-refractivity contribution in [2.75, 3.05) is 18.6 Å². The van der Waals surface area contributed by atoms with Crippen LogP contribution in [0.15, 0.2) is 94.7 Å². The molecule has 4 aromatic carbocycles. The number of halogens is 2. The van der Waals surface area contributed by atoms with Crippen LogP contribution >= 0.6 is 23.2 Å². The van der Waals surface area contributed by atoms with Gasteiger partial charge in [-0.25, -0.2) is 4.79 Å². The molecule has 2 N–H and O–H groups in total. The van der Waals surface area contributed by atoms with Crippen LogP contribution < -0.4 is 15.3 Å². The second-order valence-electron chi connectivity index (χ2n) is 10.6. The summed E-state index contributed by atoms with van der Waals surface area (Å²) in [7, 11) is 1.61. The van der Waals surface area contributed by atoms with Crippen molar-refractivity contribution >= 4 is 51.5 Å². The lowest BCUT2D eigenvalue weighted by Crippen LogP contribution is -2.38. The summed E-state index contributed by atoms with van der Waals surface area (Å²) < 4.78 is 6.93. The number of aliphatic hydroxyl groups excluding tert-OH is 1. The number of imidazole rings is 1. The molecule has 0 saturated heterocycles. The number of rotatable bonds is 9. The molecule has 1 aliphatic rings. The minimum absolute atomic E-state index is 0.0345. The van der Waals surface area contributed by atoms with Crippen LogP contribution in [0, 0.1) is 0 Å². The number of hydrogen-bond donors (Lipinski definition) is 2. The molecule has 2 heterocycles. The number of aromatic nitrogens is 2. The van der Waals surface area contributed by atoms with Gasteiger partial charge in [0.05, 0.1) is 36.1 Å². The fourth-order valence-corrected chi connectivity index (χ4v) is 5.96. The number of nitrogens with one attached hydrogen (secondary N) is 1. The van der Waals surface area contributed by atoms with Crippen LogP contribution in [0.5, 0.6) is 5.75 Å². The summed E-state index contributed by atoms with van der Waals surface area (Å²) in [6.45, 7) is 0.626. The van der Waals surface area contributed by atoms with Crippen LogP contribution in [0.2, 0.25) is 10.0 Å². The van der Waals surface area contributed by atoms with Gasteiger partial charge in [-0.15, -0.1) is 0 Å². The summed E-state index contributed by atoms with van der Waals surface area (Å²) >= 11 is 13.1. The average molecular weight is 630 g/mol. The van der Waals surface area contributed by atoms with Crippen molar-refractivity contribution in [2.24, 2.45) is 4.99 Å². The number of amides is 1. The molecule has 6 rings (SSSR count). The Balaban J connectivity index is 1.53. The normalized spacial score (nSPS) is 14.8. The minimum atomic E-state index is -0.798. The Bertz CT molecular complexity index is 1930. The molecule has 1 amide bonds. The smallest absolute Gasteiger partial charge is 0.326 e. The first-order chi connectivity index (χ1) is 21.4. The number of benzodiazepines with no additional fused rings is 1. The van der Waals surface area contributed by atoms with Gasteiger partial charge in [-0.2, -0.15) is 0 Å². The summed E-state index contributed by atoms with van der Waals surface area (Å²) in [4.78, 5) is 36.9. The molecule has 8 nitrogen and oxygen atoms in total. The molecular formula is C34H30Cl2N4O4. The summed E-state index contributed by atoms with van der Waals surface area (Å²) in [6.07, 6.45) is 0.724. The number of hydrogen-bond acceptors (Lipinski definition) is 5. The Labute approximate surface area is 264 Å². The molecule has 0 bridgehead atoms. The molecule has 5 aromatic rings. The highest BCUT2D eigenvalue weighted by atomic mass is 35.5. The van der Waals surface area contributed by atoms with Crippen LogP contribution in [-0.4, -0.2) is 46.0 Å². The predicted octanol–water partition coefficient (Wildman–Crippen LogP) is 6.02. The molecule has 44 heavy (non-hydrogen) atoms. The summed E-state index contributed by atoms with van der Waals surface area (Å²) in [6, 6.07) is 25.3. The van der Waals surface area contributed by atoms with Crippen LogP contribution in [0.3, 0.4) is 0 Å². The largest absolute Gasteiger partial charge is 0.497 e. The van der Waals surface area contributed by atoms with E-state index in [9.17, 15) is 14.7 Å². The first-order valence-corrected chi connectivity index (χ1v) is 15.0. The van der Waals surface area contributed by atoms with Crippen LogP contribution in [-0.2, 0) is 24.3 Å². The summed E-state index contributed by atoms with van der Waals surface area (Å²) in [5.74, 6) is 0.546. The summed E-state index contributed by atoms with van der Waals surface area (Å²) in [5, 5.41) is 10.5. The van der Waals surface area contributed by atoms with E-state index >= 15 is 0 Å². The lowest BCUT2D eigenvalue weighted by atomic mass is 9.99. The third-order valence-electron chi connectivity index (χ3n) is 7.80. The van der Waals surface area contributed by atoms with E-state index in [1.165, 1.54) is 0 Å². The lowest BCUT2D eigenvalue weighted by molar-refractivity contribution is -0.119. The number of H-pyrrole nitrogens is 1. The standard InChI is InChI=1S/C34H30Cl2N4O4/c1-44-25-11-7-21(8-12-25)20-40-30-14-10-24(35)19-26(30)32(37-29(33(40)42)17-22-5-2-3-6-27(22)36)23-9-13-28-31(18-23)39(15-4-16-41)34(43)38-28/h2-3,5-14,18-19,29,41H,4,15-17,20H2,1H3,(H,38,43). The SMILES string of the molecule is COc1ccc(CN2C(=O)C(Cc3ccccc3Cl)N=C(c3ccc4[nH]c(=O)n(CCCO)c4c3)c3cc(Cl)ccc32)cc1. The van der Waals surface area contributed by atoms with E-state index < -0.39 is 6.04 Å². The van der Waals surface area contributed by atoms with E-state index in [1.807, 2.05) is 72.8 Å². The van der Waals surface area contributed by atoms with Crippen molar-refractivity contribution in [1.82, 2.24) is 9.55 Å². The van der Waals surface area contributed by atoms with Gasteiger partial charge in [-0.05, 0) is 66.1 Å². The zero-order valence-corrected chi connectivity index (χ0v) is 25.5. The third kappa shape index (κ3) is 5.88. The number of fused-ring (bicyclic) bond motifs is 2.